The number of carboxylic acid groups (broad SMARTS) is 4. The summed E-state index contributed by atoms with van der Waals surface area (Å²) in [6.45, 7) is 0. The van der Waals surface area contributed by atoms with Crippen LogP contribution in [0, 0.1) is 5.92 Å². The lowest BCUT2D eigenvalue weighted by Gasteiger charge is -2.12. The third-order valence-corrected chi connectivity index (χ3v) is 1.45. The van der Waals surface area contributed by atoms with Gasteiger partial charge in [-0.25, -0.2) is 9.59 Å². The van der Waals surface area contributed by atoms with E-state index in [-0.39, 0.29) is 6.29 Å². The second-order valence-electron chi connectivity index (χ2n) is 2.78. The normalized spacial score (nSPS) is 12.3. The van der Waals surface area contributed by atoms with Crippen LogP contribution in [-0.4, -0.2) is 61.8 Å². The average Bonchev–Trinajstić information content (AvgIpc) is 2.24. The van der Waals surface area contributed by atoms with Crippen LogP contribution in [0.1, 0.15) is 6.42 Å². The van der Waals surface area contributed by atoms with Crippen LogP contribution in [0.3, 0.4) is 0 Å². The van der Waals surface area contributed by atoms with Gasteiger partial charge in [0.05, 0.1) is 6.42 Å². The Kier molecular flexibility index (Phi) is 8.59. The van der Waals surface area contributed by atoms with Crippen molar-refractivity contribution in [1.29, 1.82) is 0 Å². The highest BCUT2D eigenvalue weighted by Gasteiger charge is 2.33. The molecule has 0 saturated heterocycles. The Morgan fingerprint density at radius 2 is 1.33 bits per heavy atom. The number of carboxylic acids is 4. The van der Waals surface area contributed by atoms with Crippen molar-refractivity contribution in [2.24, 2.45) is 5.92 Å². The minimum atomic E-state index is -2.20. The molecule has 102 valence electrons. The molecule has 0 amide bonds. The first-order valence-electron chi connectivity index (χ1n) is 4.17. The van der Waals surface area contributed by atoms with Crippen molar-refractivity contribution in [2.45, 2.75) is 12.5 Å². The number of aliphatic hydroxyl groups is 1. The fraction of sp³-hybridized carbons (Fsp3) is 0.375. The number of rotatable bonds is 6. The lowest BCUT2D eigenvalue weighted by molar-refractivity contribution is -0.162. The summed E-state index contributed by atoms with van der Waals surface area (Å²) in [5, 5.41) is 40.9. The van der Waals surface area contributed by atoms with Gasteiger partial charge in [-0.1, -0.05) is 0 Å². The molecule has 0 aromatic heterocycles. The average molecular weight is 266 g/mol. The van der Waals surface area contributed by atoms with Gasteiger partial charge in [-0.3, -0.25) is 14.4 Å². The first kappa shape index (κ1) is 17.9. The summed E-state index contributed by atoms with van der Waals surface area (Å²) < 4.78 is 0. The van der Waals surface area contributed by atoms with Gasteiger partial charge < -0.3 is 25.5 Å². The zero-order valence-corrected chi connectivity index (χ0v) is 8.72. The molecule has 0 rings (SSSR count). The minimum absolute atomic E-state index is 0.167. The largest absolute Gasteiger partial charge is 0.481 e. The number of carbonyl (C=O) groups is 5. The molecule has 5 N–H and O–H groups in total. The van der Waals surface area contributed by atoms with E-state index in [4.69, 9.17) is 35.1 Å². The Morgan fingerprint density at radius 1 is 0.944 bits per heavy atom. The molecule has 2 unspecified atom stereocenters. The summed E-state index contributed by atoms with van der Waals surface area (Å²) in [7, 11) is 0. The zero-order chi connectivity index (χ0) is 14.9. The number of aliphatic hydroxyl groups excluding tert-OH is 1. The molecule has 10 nitrogen and oxygen atoms in total. The summed E-state index contributed by atoms with van der Waals surface area (Å²) in [5.41, 5.74) is 0. The predicted octanol–water partition coefficient (Wildman–Crippen LogP) is -2.12. The highest BCUT2D eigenvalue weighted by Crippen LogP contribution is 2.09. The monoisotopic (exact) mass is 266 g/mol. The van der Waals surface area contributed by atoms with E-state index >= 15 is 0 Å². The highest BCUT2D eigenvalue weighted by molar-refractivity contribution is 6.19. The Bertz CT molecular complexity index is 346. The SMILES string of the molecule is O=C(O)CC(C(=O)O)C(O)C(=O)O.O=CC(=O)O. The second kappa shape index (κ2) is 8.64. The molecule has 0 radical (unpaired) electrons. The van der Waals surface area contributed by atoms with Gasteiger partial charge in [0.2, 0.25) is 6.29 Å². The smallest absolute Gasteiger partial charge is 0.368 e. The third kappa shape index (κ3) is 8.79. The molecule has 0 aliphatic carbocycles. The number of hydrogen-bond donors (Lipinski definition) is 5. The van der Waals surface area contributed by atoms with Crippen molar-refractivity contribution < 1.29 is 49.5 Å². The molecule has 0 aliphatic heterocycles. The molecule has 0 spiro atoms. The van der Waals surface area contributed by atoms with Crippen LogP contribution in [0.25, 0.3) is 0 Å². The summed E-state index contributed by atoms with van der Waals surface area (Å²) >= 11 is 0. The lowest BCUT2D eigenvalue weighted by atomic mass is 9.99. The Morgan fingerprint density at radius 3 is 1.50 bits per heavy atom. The summed E-state index contributed by atoms with van der Waals surface area (Å²) in [6.07, 6.45) is -3.29. The molecule has 0 bridgehead atoms. The molecule has 2 atom stereocenters. The summed E-state index contributed by atoms with van der Waals surface area (Å²) in [4.78, 5) is 48.4. The quantitative estimate of drug-likeness (QED) is 0.262. The zero-order valence-electron chi connectivity index (χ0n) is 8.72. The first-order chi connectivity index (χ1) is 8.13. The van der Waals surface area contributed by atoms with Gasteiger partial charge in [0.15, 0.2) is 6.10 Å². The first-order valence-corrected chi connectivity index (χ1v) is 4.17. The van der Waals surface area contributed by atoms with Gasteiger partial charge in [0.1, 0.15) is 5.92 Å². The van der Waals surface area contributed by atoms with Gasteiger partial charge >= 0.3 is 23.9 Å². The summed E-state index contributed by atoms with van der Waals surface area (Å²) in [6, 6.07) is 0. The van der Waals surface area contributed by atoms with E-state index in [1.54, 1.807) is 0 Å². The number of carbonyl (C=O) groups excluding carboxylic acids is 1. The van der Waals surface area contributed by atoms with Gasteiger partial charge in [-0.05, 0) is 0 Å². The Balaban J connectivity index is 0. The summed E-state index contributed by atoms with van der Waals surface area (Å²) in [5.74, 6) is -8.14. The predicted molar refractivity (Wildman–Crippen MR) is 50.7 cm³/mol. The fourth-order valence-electron chi connectivity index (χ4n) is 0.694. The van der Waals surface area contributed by atoms with E-state index in [0.717, 1.165) is 0 Å². The van der Waals surface area contributed by atoms with Crippen molar-refractivity contribution >= 4 is 30.2 Å². The van der Waals surface area contributed by atoms with Gasteiger partial charge in [0.25, 0.3) is 0 Å². The van der Waals surface area contributed by atoms with Crippen LogP contribution in [-0.2, 0) is 24.0 Å². The number of hydrogen-bond acceptors (Lipinski definition) is 6. The number of aldehydes is 1. The van der Waals surface area contributed by atoms with E-state index in [9.17, 15) is 14.4 Å². The van der Waals surface area contributed by atoms with E-state index in [0.29, 0.717) is 0 Å². The van der Waals surface area contributed by atoms with E-state index in [2.05, 4.69) is 0 Å². The van der Waals surface area contributed by atoms with Crippen LogP contribution in [0.15, 0.2) is 0 Å². The molecule has 10 heteroatoms. The Labute approximate surface area is 99.1 Å². The highest BCUT2D eigenvalue weighted by atomic mass is 16.4. The van der Waals surface area contributed by atoms with Crippen LogP contribution in [0.2, 0.25) is 0 Å². The molecular weight excluding hydrogens is 256 g/mol. The molecule has 0 aromatic rings. The van der Waals surface area contributed by atoms with Crippen molar-refractivity contribution in [1.82, 2.24) is 0 Å². The van der Waals surface area contributed by atoms with Crippen LogP contribution in [0.4, 0.5) is 0 Å². The minimum Gasteiger partial charge on any atom is -0.481 e. The lowest BCUT2D eigenvalue weighted by Crippen LogP contribution is -2.36. The Hall–Kier alpha value is -2.49. The van der Waals surface area contributed by atoms with E-state index < -0.39 is 42.3 Å². The van der Waals surface area contributed by atoms with Gasteiger partial charge in [-0.2, -0.15) is 0 Å². The maximum atomic E-state index is 10.3. The maximum absolute atomic E-state index is 10.3. The standard InChI is InChI=1S/C6H8O7.C2H2O3/c7-3(8)1-2(5(10)11)4(9)6(12)13;3-1-2(4)5/h2,4,9H,1H2,(H,7,8)(H,10,11)(H,12,13);1H,(H,4,5). The molecular formula is C8H10O10. The van der Waals surface area contributed by atoms with Crippen LogP contribution < -0.4 is 0 Å². The number of aliphatic carboxylic acids is 4. The van der Waals surface area contributed by atoms with Gasteiger partial charge in [-0.15, -0.1) is 0 Å². The fourth-order valence-corrected chi connectivity index (χ4v) is 0.694. The molecule has 0 heterocycles. The second-order valence-corrected chi connectivity index (χ2v) is 2.78. The van der Waals surface area contributed by atoms with Gasteiger partial charge in [0, 0.05) is 0 Å². The van der Waals surface area contributed by atoms with Crippen molar-refractivity contribution in [3.05, 3.63) is 0 Å². The van der Waals surface area contributed by atoms with Crippen molar-refractivity contribution in [3.8, 4) is 0 Å². The third-order valence-electron chi connectivity index (χ3n) is 1.45. The molecule has 18 heavy (non-hydrogen) atoms. The molecule has 0 fully saturated rings. The topological polar surface area (TPSA) is 186 Å². The van der Waals surface area contributed by atoms with Crippen LogP contribution >= 0.6 is 0 Å². The maximum Gasteiger partial charge on any atom is 0.368 e. The van der Waals surface area contributed by atoms with Crippen molar-refractivity contribution in [2.75, 3.05) is 0 Å². The van der Waals surface area contributed by atoms with Crippen LogP contribution in [0.5, 0.6) is 0 Å². The van der Waals surface area contributed by atoms with E-state index in [1.807, 2.05) is 0 Å². The molecule has 0 aromatic carbocycles. The molecule has 0 saturated carbocycles. The molecule has 0 aliphatic rings. The van der Waals surface area contributed by atoms with Crippen molar-refractivity contribution in [3.63, 3.8) is 0 Å². The van der Waals surface area contributed by atoms with E-state index in [1.165, 1.54) is 0 Å².